The van der Waals surface area contributed by atoms with Gasteiger partial charge in [0.25, 0.3) is 5.97 Å². The van der Waals surface area contributed by atoms with E-state index in [9.17, 15) is 4.79 Å². The van der Waals surface area contributed by atoms with Crippen molar-refractivity contribution >= 4 is 5.97 Å². The van der Waals surface area contributed by atoms with Gasteiger partial charge in [-0.2, -0.15) is 30.3 Å². The molecule has 0 aromatic heterocycles. The fourth-order valence-corrected chi connectivity index (χ4v) is 0.526. The van der Waals surface area contributed by atoms with E-state index in [1.807, 2.05) is 0 Å². The molecule has 1 aromatic rings. The van der Waals surface area contributed by atoms with Gasteiger partial charge in [-0.15, -0.1) is 0 Å². The van der Waals surface area contributed by atoms with Crippen LogP contribution in [-0.4, -0.2) is 11.1 Å². The summed E-state index contributed by atoms with van der Waals surface area (Å²) in [6.07, 6.45) is 0. The van der Waals surface area contributed by atoms with Gasteiger partial charge in [-0.25, -0.2) is 0 Å². The topological polar surface area (TPSA) is 37.3 Å². The Morgan fingerprint density at radius 2 is 2.30 bits per heavy atom. The molecule has 0 aliphatic heterocycles. The molecule has 0 unspecified atom stereocenters. The maximum absolute atomic E-state index is 10.2. The zero-order valence-corrected chi connectivity index (χ0v) is 5.66. The maximum Gasteiger partial charge on any atom is 1.00 e. The zero-order valence-electron chi connectivity index (χ0n) is 5.66. The Labute approximate surface area is 71.0 Å². The summed E-state index contributed by atoms with van der Waals surface area (Å²) in [5.41, 5.74) is 0.275. The van der Waals surface area contributed by atoms with E-state index in [4.69, 9.17) is 5.11 Å². The minimum Gasteiger partial charge on any atom is -0.487 e. The minimum atomic E-state index is -0.910. The van der Waals surface area contributed by atoms with Crippen molar-refractivity contribution < 1.29 is 28.8 Å². The van der Waals surface area contributed by atoms with Crippen LogP contribution >= 0.6 is 0 Å². The van der Waals surface area contributed by atoms with Gasteiger partial charge in [0, 0.05) is 0 Å². The summed E-state index contributed by atoms with van der Waals surface area (Å²) in [6.45, 7) is 0. The molecular formula is C7H5LiO2. The largest absolute Gasteiger partial charge is 1.00 e. The number of rotatable bonds is 1. The van der Waals surface area contributed by atoms with Gasteiger partial charge in [0.15, 0.2) is 0 Å². The van der Waals surface area contributed by atoms with Crippen molar-refractivity contribution in [2.45, 2.75) is 0 Å². The zero-order chi connectivity index (χ0) is 6.69. The van der Waals surface area contributed by atoms with Crippen LogP contribution in [0, 0.1) is 6.07 Å². The van der Waals surface area contributed by atoms with Crippen molar-refractivity contribution in [2.24, 2.45) is 0 Å². The summed E-state index contributed by atoms with van der Waals surface area (Å²) in [6, 6.07) is 8.92. The van der Waals surface area contributed by atoms with E-state index in [2.05, 4.69) is 6.07 Å². The number of carboxylic acids is 1. The molecule has 0 saturated carbocycles. The minimum absolute atomic E-state index is 0. The Hall–Kier alpha value is -0.713. The number of benzene rings is 1. The van der Waals surface area contributed by atoms with Gasteiger partial charge in [-0.3, -0.25) is 4.79 Å². The van der Waals surface area contributed by atoms with Crippen LogP contribution in [0.2, 0.25) is 0 Å². The normalized spacial score (nSPS) is 8.00. The van der Waals surface area contributed by atoms with E-state index in [1.54, 1.807) is 12.1 Å². The summed E-state index contributed by atoms with van der Waals surface area (Å²) in [5.74, 6) is -0.910. The van der Waals surface area contributed by atoms with E-state index in [-0.39, 0.29) is 24.4 Å². The quantitative estimate of drug-likeness (QED) is 0.357. The van der Waals surface area contributed by atoms with Gasteiger partial charge in [-0.1, -0.05) is 5.56 Å². The first-order valence-corrected chi connectivity index (χ1v) is 2.50. The Balaban J connectivity index is 0.000000810. The fraction of sp³-hybridized carbons (Fsp3) is 0. The molecule has 10 heavy (non-hydrogen) atoms. The molecule has 0 fully saturated rings. The van der Waals surface area contributed by atoms with Gasteiger partial charge >= 0.3 is 18.9 Å². The van der Waals surface area contributed by atoms with Crippen LogP contribution in [0.5, 0.6) is 0 Å². The van der Waals surface area contributed by atoms with Crippen molar-refractivity contribution in [2.75, 3.05) is 0 Å². The molecule has 0 amide bonds. The first kappa shape index (κ1) is 9.29. The van der Waals surface area contributed by atoms with Crippen molar-refractivity contribution in [3.8, 4) is 0 Å². The Bertz CT molecular complexity index is 208. The molecule has 0 radical (unpaired) electrons. The van der Waals surface area contributed by atoms with Crippen LogP contribution in [0.1, 0.15) is 10.4 Å². The van der Waals surface area contributed by atoms with Crippen LogP contribution in [0.3, 0.4) is 0 Å². The predicted octanol–water partition coefficient (Wildman–Crippen LogP) is -1.81. The SMILES string of the molecule is O=C(O)c1c[c-]ccc1.[Li+]. The average molecular weight is 128 g/mol. The Kier molecular flexibility index (Phi) is 3.86. The molecule has 0 atom stereocenters. The van der Waals surface area contributed by atoms with Crippen LogP contribution in [0.25, 0.3) is 0 Å². The Morgan fingerprint density at radius 3 is 2.60 bits per heavy atom. The molecular weight excluding hydrogens is 123 g/mol. The van der Waals surface area contributed by atoms with Crippen molar-refractivity contribution in [3.05, 3.63) is 35.9 Å². The second-order valence-corrected chi connectivity index (χ2v) is 1.60. The molecule has 0 bridgehead atoms. The van der Waals surface area contributed by atoms with Crippen molar-refractivity contribution in [3.63, 3.8) is 0 Å². The van der Waals surface area contributed by atoms with Crippen LogP contribution in [0.4, 0.5) is 0 Å². The molecule has 1 aromatic carbocycles. The monoisotopic (exact) mass is 128 g/mol. The molecule has 0 aliphatic rings. The van der Waals surface area contributed by atoms with E-state index in [0.29, 0.717) is 0 Å². The number of carboxylic acid groups (broad SMARTS) is 1. The summed E-state index contributed by atoms with van der Waals surface area (Å²) >= 11 is 0. The molecule has 46 valence electrons. The summed E-state index contributed by atoms with van der Waals surface area (Å²) < 4.78 is 0. The number of carbonyl (C=O) groups is 1. The third-order valence-corrected chi connectivity index (χ3v) is 0.954. The number of aromatic carboxylic acids is 1. The van der Waals surface area contributed by atoms with Gasteiger partial charge in [0.05, 0.1) is 0 Å². The predicted molar refractivity (Wildman–Crippen MR) is 32.2 cm³/mol. The van der Waals surface area contributed by atoms with E-state index in [0.717, 1.165) is 0 Å². The van der Waals surface area contributed by atoms with E-state index >= 15 is 0 Å². The standard InChI is InChI=1S/C7H5O2.Li/c8-7(9)6-4-2-1-3-5-6;/h1-2,4-5H,(H,8,9);/q-1;+1. The molecule has 0 aliphatic carbocycles. The second-order valence-electron chi connectivity index (χ2n) is 1.60. The van der Waals surface area contributed by atoms with Crippen molar-refractivity contribution in [1.29, 1.82) is 0 Å². The molecule has 0 heterocycles. The molecule has 1 N–H and O–H groups in total. The van der Waals surface area contributed by atoms with Gasteiger partial charge in [-0.05, 0) is 0 Å². The summed E-state index contributed by atoms with van der Waals surface area (Å²) in [7, 11) is 0. The van der Waals surface area contributed by atoms with Gasteiger partial charge in [0.2, 0.25) is 0 Å². The second kappa shape index (κ2) is 4.16. The molecule has 1 rings (SSSR count). The first-order chi connectivity index (χ1) is 4.30. The van der Waals surface area contributed by atoms with Gasteiger partial charge < -0.3 is 5.11 Å². The van der Waals surface area contributed by atoms with Crippen molar-refractivity contribution in [1.82, 2.24) is 0 Å². The maximum atomic E-state index is 10.2. The third-order valence-electron chi connectivity index (χ3n) is 0.954. The van der Waals surface area contributed by atoms with Crippen LogP contribution in [0.15, 0.2) is 24.3 Å². The van der Waals surface area contributed by atoms with Gasteiger partial charge in [0.1, 0.15) is 0 Å². The smallest absolute Gasteiger partial charge is 0.487 e. The van der Waals surface area contributed by atoms with Crippen LogP contribution in [-0.2, 0) is 0 Å². The molecule has 0 saturated heterocycles. The Morgan fingerprint density at radius 1 is 1.60 bits per heavy atom. The number of hydrogen-bond acceptors (Lipinski definition) is 1. The van der Waals surface area contributed by atoms with E-state index < -0.39 is 5.97 Å². The third kappa shape index (κ3) is 2.26. The summed E-state index contributed by atoms with van der Waals surface area (Å²) in [5, 5.41) is 8.36. The first-order valence-electron chi connectivity index (χ1n) is 2.50. The molecule has 0 spiro atoms. The summed E-state index contributed by atoms with van der Waals surface area (Å²) in [4.78, 5) is 10.2. The number of hydrogen-bond donors (Lipinski definition) is 1. The fourth-order valence-electron chi connectivity index (χ4n) is 0.526. The van der Waals surface area contributed by atoms with E-state index in [1.165, 1.54) is 12.1 Å². The molecule has 3 heteroatoms. The average Bonchev–Trinajstić information content (AvgIpc) is 1.90. The molecule has 2 nitrogen and oxygen atoms in total. The van der Waals surface area contributed by atoms with Crippen LogP contribution < -0.4 is 18.9 Å².